The Morgan fingerprint density at radius 1 is 1.59 bits per heavy atom. The Hall–Kier alpha value is -1.51. The maximum Gasteiger partial charge on any atom is 0.235 e. The van der Waals surface area contributed by atoms with Gasteiger partial charge in [0.2, 0.25) is 6.08 Å². The van der Waals surface area contributed by atoms with Crippen LogP contribution in [0.15, 0.2) is 11.1 Å². The van der Waals surface area contributed by atoms with E-state index in [2.05, 4.69) is 4.99 Å². The molecule has 1 aromatic carbocycles. The van der Waals surface area contributed by atoms with E-state index in [9.17, 15) is 9.90 Å². The minimum Gasteiger partial charge on any atom is -0.503 e. The molecule has 1 fully saturated rings. The third-order valence-electron chi connectivity index (χ3n) is 3.07. The van der Waals surface area contributed by atoms with Crippen molar-refractivity contribution >= 4 is 17.7 Å². The summed E-state index contributed by atoms with van der Waals surface area (Å²) >= 11 is 6.12. The van der Waals surface area contributed by atoms with E-state index in [0.29, 0.717) is 11.3 Å². The van der Waals surface area contributed by atoms with Crippen LogP contribution in [0.4, 0.5) is 0 Å². The average molecular weight is 254 g/mol. The largest absolute Gasteiger partial charge is 0.503 e. The van der Waals surface area contributed by atoms with E-state index in [-0.39, 0.29) is 10.8 Å². The number of halogens is 1. The molecule has 0 unspecified atom stereocenters. The Labute approximate surface area is 104 Å². The number of nitrogens with zero attached hydrogens (tertiary/aromatic N) is 1. The summed E-state index contributed by atoms with van der Waals surface area (Å²) in [5.74, 6) is 0.212. The van der Waals surface area contributed by atoms with Crippen LogP contribution in [0.25, 0.3) is 0 Å². The standard InChI is InChI=1S/C12H12ClNO3/c1-7-5-8(17-2)11(16)10(13)9(7)12(3-4-12)14-6-15/h5,16H,3-4H2,1-2H3. The minimum atomic E-state index is -0.591. The minimum absolute atomic E-state index is 0.109. The Morgan fingerprint density at radius 2 is 2.24 bits per heavy atom. The van der Waals surface area contributed by atoms with Crippen molar-refractivity contribution in [2.24, 2.45) is 4.99 Å². The molecule has 1 aliphatic rings. The lowest BCUT2D eigenvalue weighted by molar-refractivity contribution is 0.372. The summed E-state index contributed by atoms with van der Waals surface area (Å²) in [4.78, 5) is 14.3. The van der Waals surface area contributed by atoms with Crippen LogP contribution in [0.5, 0.6) is 11.5 Å². The number of aromatic hydroxyl groups is 1. The molecule has 0 amide bonds. The van der Waals surface area contributed by atoms with Gasteiger partial charge in [-0.15, -0.1) is 0 Å². The molecule has 1 aromatic rings. The Bertz CT molecular complexity index is 517. The van der Waals surface area contributed by atoms with Gasteiger partial charge < -0.3 is 9.84 Å². The highest BCUT2D eigenvalue weighted by Gasteiger charge is 2.48. The number of rotatable bonds is 3. The van der Waals surface area contributed by atoms with Crippen LogP contribution in [-0.2, 0) is 10.3 Å². The van der Waals surface area contributed by atoms with Crippen molar-refractivity contribution in [3.63, 3.8) is 0 Å². The molecule has 2 rings (SSSR count). The number of ether oxygens (including phenoxy) is 1. The second-order valence-corrected chi connectivity index (χ2v) is 4.55. The maximum atomic E-state index is 10.4. The molecule has 0 saturated heterocycles. The van der Waals surface area contributed by atoms with E-state index in [4.69, 9.17) is 16.3 Å². The van der Waals surface area contributed by atoms with Gasteiger partial charge in [0, 0.05) is 5.56 Å². The van der Waals surface area contributed by atoms with Gasteiger partial charge in [0.1, 0.15) is 5.54 Å². The monoisotopic (exact) mass is 253 g/mol. The molecule has 1 aliphatic carbocycles. The first-order chi connectivity index (χ1) is 8.05. The molecule has 4 nitrogen and oxygen atoms in total. The van der Waals surface area contributed by atoms with Gasteiger partial charge in [-0.2, -0.15) is 4.99 Å². The molecule has 0 radical (unpaired) electrons. The zero-order valence-corrected chi connectivity index (χ0v) is 10.3. The number of methoxy groups -OCH3 is 1. The zero-order chi connectivity index (χ0) is 12.6. The fraction of sp³-hybridized carbons (Fsp3) is 0.417. The van der Waals surface area contributed by atoms with Crippen LogP contribution in [0.2, 0.25) is 5.02 Å². The SMILES string of the molecule is COc1cc(C)c(C2(N=C=O)CC2)c(Cl)c1O. The number of aliphatic imine (C=N–C) groups is 1. The van der Waals surface area contributed by atoms with Crippen molar-refractivity contribution in [1.29, 1.82) is 0 Å². The number of phenolic OH excluding ortho intramolecular Hbond substituents is 1. The fourth-order valence-corrected chi connectivity index (χ4v) is 2.51. The first kappa shape index (κ1) is 12.0. The number of isocyanates is 1. The molecule has 1 N–H and O–H groups in total. The molecule has 0 bridgehead atoms. The second-order valence-electron chi connectivity index (χ2n) is 4.17. The molecular weight excluding hydrogens is 242 g/mol. The summed E-state index contributed by atoms with van der Waals surface area (Å²) in [6.45, 7) is 1.85. The molecular formula is C12H12ClNO3. The van der Waals surface area contributed by atoms with Crippen molar-refractivity contribution in [2.45, 2.75) is 25.3 Å². The van der Waals surface area contributed by atoms with Gasteiger partial charge in [0.15, 0.2) is 11.5 Å². The molecule has 90 valence electrons. The van der Waals surface area contributed by atoms with E-state index in [0.717, 1.165) is 18.4 Å². The number of aryl methyl sites for hydroxylation is 1. The Kier molecular flexibility index (Phi) is 2.86. The van der Waals surface area contributed by atoms with Crippen LogP contribution in [0.1, 0.15) is 24.0 Å². The number of hydrogen-bond donors (Lipinski definition) is 1. The molecule has 0 aromatic heterocycles. The predicted octanol–water partition coefficient (Wildman–Crippen LogP) is 2.69. The van der Waals surface area contributed by atoms with Crippen LogP contribution >= 0.6 is 11.6 Å². The quantitative estimate of drug-likeness (QED) is 0.666. The van der Waals surface area contributed by atoms with E-state index < -0.39 is 5.54 Å². The zero-order valence-electron chi connectivity index (χ0n) is 9.58. The highest BCUT2D eigenvalue weighted by molar-refractivity contribution is 6.33. The van der Waals surface area contributed by atoms with Crippen molar-refractivity contribution in [3.05, 3.63) is 22.2 Å². The molecule has 5 heteroatoms. The summed E-state index contributed by atoms with van der Waals surface area (Å²) in [5, 5.41) is 10.1. The van der Waals surface area contributed by atoms with Crippen molar-refractivity contribution in [1.82, 2.24) is 0 Å². The van der Waals surface area contributed by atoms with Gasteiger partial charge in [-0.05, 0) is 31.4 Å². The van der Waals surface area contributed by atoms with Gasteiger partial charge in [-0.25, -0.2) is 4.79 Å². The summed E-state index contributed by atoms with van der Waals surface area (Å²) < 4.78 is 5.01. The third-order valence-corrected chi connectivity index (χ3v) is 3.44. The summed E-state index contributed by atoms with van der Waals surface area (Å²) in [7, 11) is 1.46. The van der Waals surface area contributed by atoms with Gasteiger partial charge in [0.05, 0.1) is 12.1 Å². The fourth-order valence-electron chi connectivity index (χ4n) is 2.09. The normalized spacial score (nSPS) is 16.2. The number of carbonyl (C=O) groups excluding carboxylic acids is 1. The summed E-state index contributed by atoms with van der Waals surface area (Å²) in [5.41, 5.74) is 0.953. The molecule has 0 spiro atoms. The summed E-state index contributed by atoms with van der Waals surface area (Å²) in [6.07, 6.45) is 3.06. The predicted molar refractivity (Wildman–Crippen MR) is 63.4 cm³/mol. The third kappa shape index (κ3) is 1.79. The number of hydrogen-bond acceptors (Lipinski definition) is 4. The molecule has 1 saturated carbocycles. The van der Waals surface area contributed by atoms with E-state index >= 15 is 0 Å². The van der Waals surface area contributed by atoms with Gasteiger partial charge in [-0.3, -0.25) is 0 Å². The van der Waals surface area contributed by atoms with E-state index in [1.165, 1.54) is 7.11 Å². The smallest absolute Gasteiger partial charge is 0.235 e. The Balaban J connectivity index is 2.63. The summed E-state index contributed by atoms with van der Waals surface area (Å²) in [6, 6.07) is 1.69. The number of phenols is 1. The second kappa shape index (κ2) is 4.06. The van der Waals surface area contributed by atoms with E-state index in [1.807, 2.05) is 6.92 Å². The van der Waals surface area contributed by atoms with Crippen LogP contribution < -0.4 is 4.74 Å². The lowest BCUT2D eigenvalue weighted by atomic mass is 9.98. The van der Waals surface area contributed by atoms with Crippen molar-refractivity contribution in [3.8, 4) is 11.5 Å². The van der Waals surface area contributed by atoms with Crippen molar-refractivity contribution in [2.75, 3.05) is 7.11 Å². The molecule has 0 atom stereocenters. The average Bonchev–Trinajstić information content (AvgIpc) is 3.05. The van der Waals surface area contributed by atoms with Crippen LogP contribution in [-0.4, -0.2) is 18.3 Å². The van der Waals surface area contributed by atoms with Crippen LogP contribution in [0.3, 0.4) is 0 Å². The Morgan fingerprint density at radius 3 is 2.71 bits per heavy atom. The van der Waals surface area contributed by atoms with E-state index in [1.54, 1.807) is 12.1 Å². The first-order valence-electron chi connectivity index (χ1n) is 5.21. The van der Waals surface area contributed by atoms with Crippen LogP contribution in [0, 0.1) is 6.92 Å². The van der Waals surface area contributed by atoms with Gasteiger partial charge >= 0.3 is 0 Å². The lowest BCUT2D eigenvalue weighted by Gasteiger charge is -2.17. The first-order valence-corrected chi connectivity index (χ1v) is 5.59. The molecule has 17 heavy (non-hydrogen) atoms. The topological polar surface area (TPSA) is 58.9 Å². The highest BCUT2D eigenvalue weighted by Crippen LogP contribution is 2.55. The van der Waals surface area contributed by atoms with Gasteiger partial charge in [-0.1, -0.05) is 11.6 Å². The van der Waals surface area contributed by atoms with Gasteiger partial charge in [0.25, 0.3) is 0 Å². The molecule has 0 heterocycles. The highest BCUT2D eigenvalue weighted by atomic mass is 35.5. The number of benzene rings is 1. The molecule has 0 aliphatic heterocycles. The lowest BCUT2D eigenvalue weighted by Crippen LogP contribution is -2.06. The van der Waals surface area contributed by atoms with Crippen molar-refractivity contribution < 1.29 is 14.6 Å². The maximum absolute atomic E-state index is 10.4.